The van der Waals surface area contributed by atoms with E-state index in [4.69, 9.17) is 5.41 Å². The third-order valence-corrected chi connectivity index (χ3v) is 3.19. The van der Waals surface area contributed by atoms with Gasteiger partial charge in [0.15, 0.2) is 0 Å². The second-order valence-corrected chi connectivity index (χ2v) is 4.98. The van der Waals surface area contributed by atoms with Crippen molar-refractivity contribution in [2.24, 2.45) is 0 Å². The van der Waals surface area contributed by atoms with E-state index in [1.807, 2.05) is 37.3 Å². The molecule has 5 nitrogen and oxygen atoms in total. The number of fused-ring (bicyclic) bond motifs is 1. The molecule has 0 saturated heterocycles. The molecule has 2 rings (SSSR count). The molecule has 1 amide bonds. The molecule has 21 heavy (non-hydrogen) atoms. The van der Waals surface area contributed by atoms with E-state index in [0.29, 0.717) is 6.42 Å². The molecule has 0 saturated carbocycles. The lowest BCUT2D eigenvalue weighted by atomic mass is 10.1. The minimum Gasteiger partial charge on any atom is -0.393 e. The first-order valence-corrected chi connectivity index (χ1v) is 6.89. The molecule has 110 valence electrons. The summed E-state index contributed by atoms with van der Waals surface area (Å²) in [5.74, 6) is 0.0186. The fraction of sp³-hybridized carbons (Fsp3) is 0.250. The molecular weight excluding hydrogens is 264 g/mol. The SMILES string of the molecule is CN/C=C(C=N)/C=C/c1cccc2c1N[C@H](C)CC(=O)N2. The number of hydrogen-bond donors (Lipinski definition) is 4. The molecule has 5 heteroatoms. The van der Waals surface area contributed by atoms with Gasteiger partial charge in [0.25, 0.3) is 0 Å². The van der Waals surface area contributed by atoms with E-state index >= 15 is 0 Å². The van der Waals surface area contributed by atoms with Crippen molar-refractivity contribution in [1.82, 2.24) is 5.32 Å². The minimum atomic E-state index is 0.0186. The van der Waals surface area contributed by atoms with Crippen molar-refractivity contribution < 1.29 is 4.79 Å². The molecule has 1 aliphatic rings. The molecule has 0 aromatic heterocycles. The number of allylic oxidation sites excluding steroid dienone is 2. The third-order valence-electron chi connectivity index (χ3n) is 3.19. The highest BCUT2D eigenvalue weighted by atomic mass is 16.1. The lowest BCUT2D eigenvalue weighted by Crippen LogP contribution is -2.19. The number of carbonyl (C=O) groups is 1. The molecule has 0 radical (unpaired) electrons. The monoisotopic (exact) mass is 284 g/mol. The van der Waals surface area contributed by atoms with Gasteiger partial charge in [-0.25, -0.2) is 0 Å². The summed E-state index contributed by atoms with van der Waals surface area (Å²) < 4.78 is 0. The van der Waals surface area contributed by atoms with Crippen LogP contribution in [0.3, 0.4) is 0 Å². The highest BCUT2D eigenvalue weighted by Crippen LogP contribution is 2.30. The average Bonchev–Trinajstić information content (AvgIpc) is 2.60. The summed E-state index contributed by atoms with van der Waals surface area (Å²) in [4.78, 5) is 11.7. The predicted molar refractivity (Wildman–Crippen MR) is 87.7 cm³/mol. The van der Waals surface area contributed by atoms with Crippen LogP contribution in [-0.2, 0) is 4.79 Å². The largest absolute Gasteiger partial charge is 0.393 e. The van der Waals surface area contributed by atoms with E-state index < -0.39 is 0 Å². The Morgan fingerprint density at radius 1 is 1.48 bits per heavy atom. The van der Waals surface area contributed by atoms with Gasteiger partial charge in [-0.1, -0.05) is 24.3 Å². The van der Waals surface area contributed by atoms with E-state index in [1.54, 1.807) is 13.2 Å². The standard InChI is InChI=1S/C16H20N4O/c1-11-8-15(21)20-14-5-3-4-13(16(14)19-11)7-6-12(9-17)10-18-2/h3-7,9-11,17-19H,8H2,1-2H3,(H,20,21)/b7-6+,12-10-,17-9?/t11-/m1/s1. The molecule has 0 bridgehead atoms. The van der Waals surface area contributed by atoms with Crippen molar-refractivity contribution in [2.75, 3.05) is 17.7 Å². The Morgan fingerprint density at radius 3 is 3.00 bits per heavy atom. The molecule has 0 aliphatic carbocycles. The second-order valence-electron chi connectivity index (χ2n) is 4.98. The van der Waals surface area contributed by atoms with Gasteiger partial charge in [0.1, 0.15) is 0 Å². The van der Waals surface area contributed by atoms with Crippen molar-refractivity contribution in [3.63, 3.8) is 0 Å². The molecule has 1 aromatic carbocycles. The smallest absolute Gasteiger partial charge is 0.226 e. The highest BCUT2D eigenvalue weighted by Gasteiger charge is 2.18. The number of para-hydroxylation sites is 1. The van der Waals surface area contributed by atoms with Crippen molar-refractivity contribution in [1.29, 1.82) is 5.41 Å². The maximum Gasteiger partial charge on any atom is 0.226 e. The number of carbonyl (C=O) groups excluding carboxylic acids is 1. The summed E-state index contributed by atoms with van der Waals surface area (Å²) in [5, 5.41) is 16.5. The fourth-order valence-electron chi connectivity index (χ4n) is 2.24. The number of anilines is 2. The summed E-state index contributed by atoms with van der Waals surface area (Å²) in [6, 6.07) is 5.85. The van der Waals surface area contributed by atoms with Crippen LogP contribution in [0.1, 0.15) is 18.9 Å². The van der Waals surface area contributed by atoms with Crippen LogP contribution < -0.4 is 16.0 Å². The Balaban J connectivity index is 2.36. The number of nitrogens with one attached hydrogen (secondary N) is 4. The zero-order chi connectivity index (χ0) is 15.2. The van der Waals surface area contributed by atoms with Gasteiger partial charge in [0.2, 0.25) is 5.91 Å². The van der Waals surface area contributed by atoms with Crippen LogP contribution in [0.25, 0.3) is 6.08 Å². The Morgan fingerprint density at radius 2 is 2.29 bits per heavy atom. The Kier molecular flexibility index (Phi) is 4.77. The van der Waals surface area contributed by atoms with Gasteiger partial charge in [-0.2, -0.15) is 0 Å². The van der Waals surface area contributed by atoms with Crippen molar-refractivity contribution in [2.45, 2.75) is 19.4 Å². The van der Waals surface area contributed by atoms with Gasteiger partial charge in [0, 0.05) is 37.5 Å². The third kappa shape index (κ3) is 3.72. The van der Waals surface area contributed by atoms with Crippen LogP contribution >= 0.6 is 0 Å². The highest BCUT2D eigenvalue weighted by molar-refractivity contribution is 5.98. The minimum absolute atomic E-state index is 0.0186. The number of amides is 1. The van der Waals surface area contributed by atoms with Crippen LogP contribution in [0.4, 0.5) is 11.4 Å². The van der Waals surface area contributed by atoms with E-state index in [9.17, 15) is 4.79 Å². The Bertz CT molecular complexity index is 604. The molecule has 1 heterocycles. The van der Waals surface area contributed by atoms with Gasteiger partial charge < -0.3 is 21.4 Å². The zero-order valence-electron chi connectivity index (χ0n) is 12.2. The first-order valence-electron chi connectivity index (χ1n) is 6.89. The fourth-order valence-corrected chi connectivity index (χ4v) is 2.24. The van der Waals surface area contributed by atoms with Gasteiger partial charge in [-0.3, -0.25) is 4.79 Å². The van der Waals surface area contributed by atoms with Crippen LogP contribution in [-0.4, -0.2) is 25.2 Å². The first-order chi connectivity index (χ1) is 10.1. The second kappa shape index (κ2) is 6.74. The molecule has 1 aromatic rings. The molecule has 0 unspecified atom stereocenters. The van der Waals surface area contributed by atoms with Crippen LogP contribution in [0.2, 0.25) is 0 Å². The summed E-state index contributed by atoms with van der Waals surface area (Å²) in [7, 11) is 1.80. The van der Waals surface area contributed by atoms with Crippen LogP contribution in [0, 0.1) is 5.41 Å². The molecule has 1 aliphatic heterocycles. The van der Waals surface area contributed by atoms with Gasteiger partial charge in [-0.05, 0) is 18.6 Å². The van der Waals surface area contributed by atoms with Crippen molar-refractivity contribution in [3.8, 4) is 0 Å². The lowest BCUT2D eigenvalue weighted by molar-refractivity contribution is -0.116. The molecule has 0 spiro atoms. The van der Waals surface area contributed by atoms with E-state index in [2.05, 4.69) is 16.0 Å². The molecule has 1 atom stereocenters. The van der Waals surface area contributed by atoms with E-state index in [0.717, 1.165) is 22.5 Å². The van der Waals surface area contributed by atoms with Gasteiger partial charge in [-0.15, -0.1) is 0 Å². The number of hydrogen-bond acceptors (Lipinski definition) is 4. The summed E-state index contributed by atoms with van der Waals surface area (Å²) >= 11 is 0. The molecule has 4 N–H and O–H groups in total. The summed E-state index contributed by atoms with van der Waals surface area (Å²) in [5.41, 5.74) is 3.45. The first kappa shape index (κ1) is 14.8. The predicted octanol–water partition coefficient (Wildman–Crippen LogP) is 2.60. The number of benzene rings is 1. The maximum atomic E-state index is 11.7. The van der Waals surface area contributed by atoms with Gasteiger partial charge in [0.05, 0.1) is 11.4 Å². The topological polar surface area (TPSA) is 77.0 Å². The normalized spacial score (nSPS) is 18.5. The van der Waals surface area contributed by atoms with Gasteiger partial charge >= 0.3 is 0 Å². The number of rotatable bonds is 4. The van der Waals surface area contributed by atoms with Crippen molar-refractivity contribution >= 4 is 29.6 Å². The Labute approximate surface area is 124 Å². The lowest BCUT2D eigenvalue weighted by Gasteiger charge is -2.14. The summed E-state index contributed by atoms with van der Waals surface area (Å²) in [6.07, 6.45) is 7.28. The maximum absolute atomic E-state index is 11.7. The molecule has 0 fully saturated rings. The Hall–Kier alpha value is -2.56. The summed E-state index contributed by atoms with van der Waals surface area (Å²) in [6.45, 7) is 1.99. The van der Waals surface area contributed by atoms with E-state index in [1.165, 1.54) is 6.21 Å². The quantitative estimate of drug-likeness (QED) is 0.507. The average molecular weight is 284 g/mol. The molecular formula is C16H20N4O. The van der Waals surface area contributed by atoms with Crippen LogP contribution in [0.5, 0.6) is 0 Å². The van der Waals surface area contributed by atoms with Crippen molar-refractivity contribution in [3.05, 3.63) is 41.6 Å². The van der Waals surface area contributed by atoms with E-state index in [-0.39, 0.29) is 11.9 Å². The van der Waals surface area contributed by atoms with Crippen LogP contribution in [0.15, 0.2) is 36.0 Å². The zero-order valence-corrected chi connectivity index (χ0v) is 12.2.